The maximum atomic E-state index is 11.7. The van der Waals surface area contributed by atoms with E-state index in [0.717, 1.165) is 51.6 Å². The molecule has 19 heavy (non-hydrogen) atoms. The van der Waals surface area contributed by atoms with Gasteiger partial charge < -0.3 is 4.74 Å². The van der Waals surface area contributed by atoms with E-state index in [-0.39, 0.29) is 18.1 Å². The first-order valence-electron chi connectivity index (χ1n) is 7.10. The van der Waals surface area contributed by atoms with Crippen LogP contribution in [0.1, 0.15) is 38.5 Å². The summed E-state index contributed by atoms with van der Waals surface area (Å²) in [5.74, 6) is 0.524. The molecule has 106 valence electrons. The largest absolute Gasteiger partial charge is 0.468 e. The van der Waals surface area contributed by atoms with Crippen molar-refractivity contribution in [3.05, 3.63) is 10.4 Å². The lowest BCUT2D eigenvalue weighted by molar-refractivity contribution is -0.146. The fraction of sp³-hybridized carbons (Fsp3) is 0.923. The minimum absolute atomic E-state index is 0.0418. The third kappa shape index (κ3) is 3.61. The molecule has 1 aliphatic carbocycles. The van der Waals surface area contributed by atoms with E-state index in [1.54, 1.807) is 0 Å². The van der Waals surface area contributed by atoms with Crippen LogP contribution in [0.15, 0.2) is 5.11 Å². The number of esters is 1. The number of likely N-dealkylation sites (tertiary alicyclic amines) is 1. The average molecular weight is 266 g/mol. The Labute approximate surface area is 113 Å². The third-order valence-corrected chi connectivity index (χ3v) is 4.36. The smallest absolute Gasteiger partial charge is 0.323 e. The molecule has 6 nitrogen and oxygen atoms in total. The highest BCUT2D eigenvalue weighted by molar-refractivity contribution is 5.75. The Morgan fingerprint density at radius 3 is 2.74 bits per heavy atom. The molecule has 0 aromatic carbocycles. The predicted molar refractivity (Wildman–Crippen MR) is 71.5 cm³/mol. The summed E-state index contributed by atoms with van der Waals surface area (Å²) in [6.45, 7) is 1.97. The molecule has 1 saturated heterocycles. The van der Waals surface area contributed by atoms with E-state index in [1.807, 2.05) is 0 Å². The Morgan fingerprint density at radius 2 is 2.11 bits per heavy atom. The first-order valence-corrected chi connectivity index (χ1v) is 7.10. The zero-order chi connectivity index (χ0) is 13.7. The lowest BCUT2D eigenvalue weighted by atomic mass is 9.86. The Kier molecular flexibility index (Phi) is 5.05. The van der Waals surface area contributed by atoms with Gasteiger partial charge in [0.25, 0.3) is 0 Å². The molecule has 0 bridgehead atoms. The average Bonchev–Trinajstić information content (AvgIpc) is 2.88. The van der Waals surface area contributed by atoms with Crippen molar-refractivity contribution in [2.24, 2.45) is 11.0 Å². The normalized spacial score (nSPS) is 31.7. The number of carbonyl (C=O) groups is 1. The van der Waals surface area contributed by atoms with Crippen LogP contribution in [-0.2, 0) is 9.53 Å². The summed E-state index contributed by atoms with van der Waals surface area (Å²) < 4.78 is 4.87. The van der Waals surface area contributed by atoms with Crippen LogP contribution < -0.4 is 0 Å². The zero-order valence-corrected chi connectivity index (χ0v) is 11.5. The van der Waals surface area contributed by atoms with Gasteiger partial charge in [-0.1, -0.05) is 5.11 Å². The van der Waals surface area contributed by atoms with Crippen molar-refractivity contribution >= 4 is 5.97 Å². The molecule has 0 spiro atoms. The lowest BCUT2D eigenvalue weighted by Crippen LogP contribution is -2.40. The number of azide groups is 1. The second kappa shape index (κ2) is 6.78. The summed E-state index contributed by atoms with van der Waals surface area (Å²) in [6, 6.07) is 0.135. The monoisotopic (exact) mass is 266 g/mol. The fourth-order valence-electron chi connectivity index (χ4n) is 3.30. The van der Waals surface area contributed by atoms with E-state index in [9.17, 15) is 4.79 Å². The summed E-state index contributed by atoms with van der Waals surface area (Å²) >= 11 is 0. The molecule has 1 saturated carbocycles. The topological polar surface area (TPSA) is 78.3 Å². The van der Waals surface area contributed by atoms with Crippen molar-refractivity contribution in [1.82, 2.24) is 4.90 Å². The third-order valence-electron chi connectivity index (χ3n) is 4.36. The second-order valence-electron chi connectivity index (χ2n) is 5.56. The van der Waals surface area contributed by atoms with E-state index in [2.05, 4.69) is 14.9 Å². The molecule has 6 heteroatoms. The highest BCUT2D eigenvalue weighted by Gasteiger charge is 2.33. The summed E-state index contributed by atoms with van der Waals surface area (Å²) in [5.41, 5.74) is 8.44. The van der Waals surface area contributed by atoms with Gasteiger partial charge in [-0.05, 0) is 56.5 Å². The van der Waals surface area contributed by atoms with Gasteiger partial charge in [-0.3, -0.25) is 9.69 Å². The molecule has 0 N–H and O–H groups in total. The van der Waals surface area contributed by atoms with Crippen LogP contribution in [0.5, 0.6) is 0 Å². The van der Waals surface area contributed by atoms with Crippen molar-refractivity contribution in [3.63, 3.8) is 0 Å². The molecule has 0 aromatic heterocycles. The molecule has 1 heterocycles. The second-order valence-corrected chi connectivity index (χ2v) is 5.56. The highest BCUT2D eigenvalue weighted by atomic mass is 16.5. The molecule has 2 aliphatic rings. The number of nitrogens with zero attached hydrogens (tertiary/aromatic N) is 4. The molecule has 0 radical (unpaired) electrons. The van der Waals surface area contributed by atoms with Crippen LogP contribution in [-0.4, -0.2) is 43.2 Å². The number of rotatable bonds is 4. The minimum Gasteiger partial charge on any atom is -0.468 e. The molecular formula is C13H22N4O2. The molecule has 0 aromatic rings. The Balaban J connectivity index is 1.81. The maximum absolute atomic E-state index is 11.7. The maximum Gasteiger partial charge on any atom is 0.323 e. The number of methoxy groups -OCH3 is 1. The van der Waals surface area contributed by atoms with Crippen molar-refractivity contribution in [2.75, 3.05) is 20.2 Å². The molecule has 0 amide bonds. The van der Waals surface area contributed by atoms with Gasteiger partial charge in [-0.25, -0.2) is 0 Å². The van der Waals surface area contributed by atoms with Crippen LogP contribution in [0.4, 0.5) is 0 Å². The molecule has 2 rings (SSSR count). The van der Waals surface area contributed by atoms with Crippen LogP contribution in [0.3, 0.4) is 0 Å². The summed E-state index contributed by atoms with van der Waals surface area (Å²) in [6.07, 6.45) is 6.13. The first-order chi connectivity index (χ1) is 9.24. The van der Waals surface area contributed by atoms with E-state index in [1.165, 1.54) is 7.11 Å². The van der Waals surface area contributed by atoms with Gasteiger partial charge in [0.05, 0.1) is 7.11 Å². The van der Waals surface area contributed by atoms with Crippen molar-refractivity contribution in [2.45, 2.75) is 50.6 Å². The van der Waals surface area contributed by atoms with Gasteiger partial charge >= 0.3 is 5.97 Å². The lowest BCUT2D eigenvalue weighted by Gasteiger charge is -2.31. The zero-order valence-electron chi connectivity index (χ0n) is 11.5. The summed E-state index contributed by atoms with van der Waals surface area (Å²) in [5, 5.41) is 3.80. The van der Waals surface area contributed by atoms with Crippen LogP contribution in [0.25, 0.3) is 10.4 Å². The van der Waals surface area contributed by atoms with Crippen molar-refractivity contribution in [1.29, 1.82) is 0 Å². The first kappa shape index (κ1) is 14.2. The molecule has 2 fully saturated rings. The fourth-order valence-corrected chi connectivity index (χ4v) is 3.30. The van der Waals surface area contributed by atoms with E-state index >= 15 is 0 Å². The molecule has 1 aliphatic heterocycles. The Bertz CT molecular complexity index is 360. The molecular weight excluding hydrogens is 244 g/mol. The SMILES string of the molecule is COC(=O)C1CCCN1CC1CCC(N=[N+]=[N-])CC1. The van der Waals surface area contributed by atoms with Gasteiger partial charge in [-0.2, -0.15) is 0 Å². The van der Waals surface area contributed by atoms with Crippen LogP contribution >= 0.6 is 0 Å². The predicted octanol–water partition coefficient (Wildman–Crippen LogP) is 2.49. The van der Waals surface area contributed by atoms with Gasteiger partial charge in [0.2, 0.25) is 0 Å². The summed E-state index contributed by atoms with van der Waals surface area (Å²) in [7, 11) is 1.46. The highest BCUT2D eigenvalue weighted by Crippen LogP contribution is 2.29. The van der Waals surface area contributed by atoms with Gasteiger partial charge in [0.1, 0.15) is 6.04 Å². The minimum atomic E-state index is -0.0970. The van der Waals surface area contributed by atoms with Crippen molar-refractivity contribution < 1.29 is 9.53 Å². The standard InChI is InChI=1S/C13H22N4O2/c1-19-13(18)12-3-2-8-17(12)9-10-4-6-11(7-5-10)15-16-14/h10-12H,2-9H2,1H3. The number of hydrogen-bond acceptors (Lipinski definition) is 4. The van der Waals surface area contributed by atoms with E-state index < -0.39 is 0 Å². The van der Waals surface area contributed by atoms with Crippen LogP contribution in [0, 0.1) is 5.92 Å². The van der Waals surface area contributed by atoms with Gasteiger partial charge in [0.15, 0.2) is 0 Å². The van der Waals surface area contributed by atoms with Crippen molar-refractivity contribution in [3.8, 4) is 0 Å². The number of hydrogen-bond donors (Lipinski definition) is 0. The Morgan fingerprint density at radius 1 is 1.37 bits per heavy atom. The quantitative estimate of drug-likeness (QED) is 0.339. The van der Waals surface area contributed by atoms with Gasteiger partial charge in [0, 0.05) is 17.5 Å². The van der Waals surface area contributed by atoms with E-state index in [0.29, 0.717) is 5.92 Å². The summed E-state index contributed by atoms with van der Waals surface area (Å²) in [4.78, 5) is 16.8. The number of carbonyl (C=O) groups excluding carboxylic acids is 1. The molecule has 1 unspecified atom stereocenters. The van der Waals surface area contributed by atoms with E-state index in [4.69, 9.17) is 10.3 Å². The molecule has 1 atom stereocenters. The number of ether oxygens (including phenoxy) is 1. The Hall–Kier alpha value is -1.26. The van der Waals surface area contributed by atoms with Gasteiger partial charge in [-0.15, -0.1) is 0 Å². The van der Waals surface area contributed by atoms with Crippen LogP contribution in [0.2, 0.25) is 0 Å².